The molecule has 3 aromatic rings. The number of ether oxygens (including phenoxy) is 3. The summed E-state index contributed by atoms with van der Waals surface area (Å²) in [6.45, 7) is 1.64. The van der Waals surface area contributed by atoms with Gasteiger partial charge >= 0.3 is 0 Å². The van der Waals surface area contributed by atoms with E-state index in [0.29, 0.717) is 24.1 Å². The number of hydrogen-bond donors (Lipinski definition) is 1. The molecule has 1 saturated heterocycles. The van der Waals surface area contributed by atoms with Crippen LogP contribution in [0.15, 0.2) is 78.9 Å². The maximum absolute atomic E-state index is 6.92. The molecule has 0 saturated carbocycles. The Labute approximate surface area is 178 Å². The quantitative estimate of drug-likeness (QED) is 0.550. The van der Waals surface area contributed by atoms with E-state index in [2.05, 4.69) is 59.9 Å². The Hall–Kier alpha value is -2.82. The monoisotopic (exact) mass is 403 g/mol. The highest BCUT2D eigenvalue weighted by Crippen LogP contribution is 2.47. The van der Waals surface area contributed by atoms with Gasteiger partial charge < -0.3 is 19.5 Å². The van der Waals surface area contributed by atoms with Crippen molar-refractivity contribution in [3.05, 3.63) is 95.6 Å². The average Bonchev–Trinajstić information content (AvgIpc) is 3.34. The van der Waals surface area contributed by atoms with E-state index in [0.717, 1.165) is 29.7 Å². The summed E-state index contributed by atoms with van der Waals surface area (Å²) < 4.78 is 18.4. The van der Waals surface area contributed by atoms with Gasteiger partial charge in [0, 0.05) is 11.6 Å². The number of methoxy groups -OCH3 is 2. The zero-order chi connectivity index (χ0) is 20.8. The van der Waals surface area contributed by atoms with Crippen LogP contribution in [-0.4, -0.2) is 33.4 Å². The fraction of sp³-hybridized carbons (Fsp3) is 0.308. The molecule has 1 aliphatic rings. The third kappa shape index (κ3) is 3.81. The smallest absolute Gasteiger partial charge is 0.167 e. The van der Waals surface area contributed by atoms with Gasteiger partial charge in [0.1, 0.15) is 5.60 Å². The average molecular weight is 404 g/mol. The Kier molecular flexibility index (Phi) is 6.36. The molecule has 156 valence electrons. The van der Waals surface area contributed by atoms with Gasteiger partial charge in [0.15, 0.2) is 11.5 Å². The van der Waals surface area contributed by atoms with E-state index >= 15 is 0 Å². The highest BCUT2D eigenvalue weighted by Gasteiger charge is 2.41. The molecule has 1 aliphatic heterocycles. The summed E-state index contributed by atoms with van der Waals surface area (Å²) in [6.07, 6.45) is 2.30. The summed E-state index contributed by atoms with van der Waals surface area (Å²) in [5.41, 5.74) is 2.22. The minimum atomic E-state index is -0.827. The largest absolute Gasteiger partial charge is 0.493 e. The van der Waals surface area contributed by atoms with Gasteiger partial charge in [0.05, 0.1) is 20.8 Å². The first-order valence-electron chi connectivity index (χ1n) is 10.5. The van der Waals surface area contributed by atoms with Crippen LogP contribution in [0.25, 0.3) is 0 Å². The van der Waals surface area contributed by atoms with Gasteiger partial charge in [-0.15, -0.1) is 0 Å². The first-order chi connectivity index (χ1) is 14.8. The molecule has 1 unspecified atom stereocenters. The maximum Gasteiger partial charge on any atom is 0.167 e. The highest BCUT2D eigenvalue weighted by molar-refractivity contribution is 5.57. The summed E-state index contributed by atoms with van der Waals surface area (Å²) in [5, 5.41) is 3.55. The molecule has 0 aliphatic carbocycles. The van der Waals surface area contributed by atoms with Crippen molar-refractivity contribution in [3.8, 4) is 11.5 Å². The van der Waals surface area contributed by atoms with Crippen LogP contribution in [-0.2, 0) is 10.3 Å². The van der Waals surface area contributed by atoms with Crippen LogP contribution in [0.5, 0.6) is 11.5 Å². The SMILES string of the molecule is COc1cccc(C(OCC2CCCN2)(c2ccccc2)c2ccccc2)c1OC. The van der Waals surface area contributed by atoms with E-state index < -0.39 is 5.60 Å². The predicted molar refractivity (Wildman–Crippen MR) is 119 cm³/mol. The predicted octanol–water partition coefficient (Wildman–Crippen LogP) is 4.76. The number of benzene rings is 3. The minimum absolute atomic E-state index is 0.341. The lowest BCUT2D eigenvalue weighted by Crippen LogP contribution is -2.38. The maximum atomic E-state index is 6.92. The van der Waals surface area contributed by atoms with Crippen LogP contribution in [0.1, 0.15) is 29.5 Å². The van der Waals surface area contributed by atoms with Crippen molar-refractivity contribution in [1.82, 2.24) is 5.32 Å². The Morgan fingerprint density at radius 1 is 0.833 bits per heavy atom. The first kappa shape index (κ1) is 20.5. The number of hydrogen-bond acceptors (Lipinski definition) is 4. The van der Waals surface area contributed by atoms with Crippen LogP contribution in [0, 0.1) is 0 Å². The second kappa shape index (κ2) is 9.33. The second-order valence-electron chi connectivity index (χ2n) is 7.56. The zero-order valence-corrected chi connectivity index (χ0v) is 17.6. The summed E-state index contributed by atoms with van der Waals surface area (Å²) in [4.78, 5) is 0. The number of rotatable bonds is 8. The zero-order valence-electron chi connectivity index (χ0n) is 17.6. The normalized spacial score (nSPS) is 16.4. The van der Waals surface area contributed by atoms with E-state index in [9.17, 15) is 0 Å². The Morgan fingerprint density at radius 3 is 2.03 bits per heavy atom. The van der Waals surface area contributed by atoms with Crippen LogP contribution in [0.3, 0.4) is 0 Å². The van der Waals surface area contributed by atoms with E-state index in [1.165, 1.54) is 6.42 Å². The fourth-order valence-electron chi connectivity index (χ4n) is 4.36. The van der Waals surface area contributed by atoms with Crippen molar-refractivity contribution in [3.63, 3.8) is 0 Å². The molecule has 4 rings (SSSR count). The van der Waals surface area contributed by atoms with Gasteiger partial charge in [-0.05, 0) is 36.6 Å². The molecule has 0 bridgehead atoms. The van der Waals surface area contributed by atoms with Crippen LogP contribution in [0.2, 0.25) is 0 Å². The van der Waals surface area contributed by atoms with Crippen molar-refractivity contribution in [2.45, 2.75) is 24.5 Å². The molecule has 4 heteroatoms. The fourth-order valence-corrected chi connectivity index (χ4v) is 4.36. The molecule has 3 aromatic carbocycles. The van der Waals surface area contributed by atoms with E-state index in [1.54, 1.807) is 14.2 Å². The molecule has 0 spiro atoms. The van der Waals surface area contributed by atoms with Gasteiger partial charge in [0.25, 0.3) is 0 Å². The second-order valence-corrected chi connectivity index (χ2v) is 7.56. The molecule has 1 heterocycles. The minimum Gasteiger partial charge on any atom is -0.493 e. The Morgan fingerprint density at radius 2 is 1.50 bits per heavy atom. The lowest BCUT2D eigenvalue weighted by Gasteiger charge is -2.37. The molecule has 0 aromatic heterocycles. The van der Waals surface area contributed by atoms with Crippen LogP contribution in [0.4, 0.5) is 0 Å². The van der Waals surface area contributed by atoms with Gasteiger partial charge in [-0.2, -0.15) is 0 Å². The Bertz CT molecular complexity index is 898. The van der Waals surface area contributed by atoms with Gasteiger partial charge in [0.2, 0.25) is 0 Å². The van der Waals surface area contributed by atoms with Crippen molar-refractivity contribution in [2.75, 3.05) is 27.4 Å². The number of nitrogens with one attached hydrogen (secondary N) is 1. The standard InChI is InChI=1S/C26H29NO3/c1-28-24-17-9-16-23(25(24)29-2)26(20-11-5-3-6-12-20,21-13-7-4-8-14-21)30-19-22-15-10-18-27-22/h3-9,11-14,16-17,22,27H,10,15,18-19H2,1-2H3. The molecular formula is C26H29NO3. The Balaban J connectivity index is 1.95. The summed E-state index contributed by atoms with van der Waals surface area (Å²) in [6, 6.07) is 27.1. The van der Waals surface area contributed by atoms with Crippen molar-refractivity contribution >= 4 is 0 Å². The van der Waals surface area contributed by atoms with Gasteiger partial charge in [-0.3, -0.25) is 0 Å². The van der Waals surface area contributed by atoms with Gasteiger partial charge in [-0.1, -0.05) is 72.8 Å². The van der Waals surface area contributed by atoms with E-state index in [4.69, 9.17) is 14.2 Å². The molecule has 0 amide bonds. The number of para-hydroxylation sites is 1. The molecule has 1 atom stereocenters. The third-order valence-corrected chi connectivity index (χ3v) is 5.81. The van der Waals surface area contributed by atoms with Crippen molar-refractivity contribution in [2.24, 2.45) is 0 Å². The molecule has 0 radical (unpaired) electrons. The van der Waals surface area contributed by atoms with Gasteiger partial charge in [-0.25, -0.2) is 0 Å². The molecule has 4 nitrogen and oxygen atoms in total. The molecular weight excluding hydrogens is 374 g/mol. The lowest BCUT2D eigenvalue weighted by atomic mass is 9.79. The summed E-state index contributed by atoms with van der Waals surface area (Å²) in [7, 11) is 3.35. The summed E-state index contributed by atoms with van der Waals surface area (Å²) >= 11 is 0. The van der Waals surface area contributed by atoms with Crippen LogP contribution >= 0.6 is 0 Å². The molecule has 30 heavy (non-hydrogen) atoms. The van der Waals surface area contributed by atoms with E-state index in [-0.39, 0.29) is 0 Å². The van der Waals surface area contributed by atoms with Crippen molar-refractivity contribution < 1.29 is 14.2 Å². The highest BCUT2D eigenvalue weighted by atomic mass is 16.5. The molecule has 1 fully saturated rings. The van der Waals surface area contributed by atoms with Crippen LogP contribution < -0.4 is 14.8 Å². The lowest BCUT2D eigenvalue weighted by molar-refractivity contribution is 0.000948. The third-order valence-electron chi connectivity index (χ3n) is 5.81. The molecule has 1 N–H and O–H groups in total. The first-order valence-corrected chi connectivity index (χ1v) is 10.5. The van der Waals surface area contributed by atoms with E-state index in [1.807, 2.05) is 24.3 Å². The van der Waals surface area contributed by atoms with Crippen molar-refractivity contribution in [1.29, 1.82) is 0 Å². The summed E-state index contributed by atoms with van der Waals surface area (Å²) in [5.74, 6) is 1.38. The topological polar surface area (TPSA) is 39.7 Å².